The van der Waals surface area contributed by atoms with E-state index in [1.807, 2.05) is 37.3 Å². The van der Waals surface area contributed by atoms with Gasteiger partial charge in [-0.1, -0.05) is 48.0 Å². The second-order valence-corrected chi connectivity index (χ2v) is 9.07. The third kappa shape index (κ3) is 3.66. The molecule has 1 aliphatic heterocycles. The average molecular weight is 391 g/mol. The van der Waals surface area contributed by atoms with Gasteiger partial charge < -0.3 is 14.9 Å². The summed E-state index contributed by atoms with van der Waals surface area (Å²) in [6.45, 7) is 4.36. The second kappa shape index (κ2) is 7.33. The van der Waals surface area contributed by atoms with E-state index in [0.717, 1.165) is 11.1 Å². The standard InChI is InChI=1S/C20H25NO5S/c1-14-9-11-17(12-10-14)27(24,25)21-15(2)18(16-7-5-4-6-8-16)26-19(21)20(3,23)13-22/h4-12,15,18-19,22-23H,13H2,1-3H3/t15-,18-,19-,20-/m0/s1. The van der Waals surface area contributed by atoms with Crippen molar-refractivity contribution in [3.05, 3.63) is 65.7 Å². The van der Waals surface area contributed by atoms with E-state index in [4.69, 9.17) is 4.74 Å². The van der Waals surface area contributed by atoms with Gasteiger partial charge in [0, 0.05) is 0 Å². The molecule has 0 aromatic heterocycles. The van der Waals surface area contributed by atoms with Crippen molar-refractivity contribution in [3.63, 3.8) is 0 Å². The van der Waals surface area contributed by atoms with Gasteiger partial charge in [-0.15, -0.1) is 0 Å². The monoisotopic (exact) mass is 391 g/mol. The number of sulfonamides is 1. The fraction of sp³-hybridized carbons (Fsp3) is 0.400. The largest absolute Gasteiger partial charge is 0.393 e. The Bertz CT molecular complexity index is 880. The van der Waals surface area contributed by atoms with E-state index in [0.29, 0.717) is 0 Å². The topological polar surface area (TPSA) is 87.1 Å². The highest BCUT2D eigenvalue weighted by molar-refractivity contribution is 7.89. The van der Waals surface area contributed by atoms with Gasteiger partial charge >= 0.3 is 0 Å². The molecule has 2 aromatic rings. The van der Waals surface area contributed by atoms with Crippen molar-refractivity contribution in [2.75, 3.05) is 6.61 Å². The van der Waals surface area contributed by atoms with Crippen molar-refractivity contribution in [1.29, 1.82) is 0 Å². The highest BCUT2D eigenvalue weighted by Gasteiger charge is 2.53. The first-order valence-electron chi connectivity index (χ1n) is 8.82. The summed E-state index contributed by atoms with van der Waals surface area (Å²) in [6, 6.07) is 15.2. The molecule has 7 heteroatoms. The lowest BCUT2D eigenvalue weighted by Gasteiger charge is -2.34. The van der Waals surface area contributed by atoms with Gasteiger partial charge in [-0.25, -0.2) is 8.42 Å². The Morgan fingerprint density at radius 1 is 1.11 bits per heavy atom. The Morgan fingerprint density at radius 3 is 2.26 bits per heavy atom. The number of benzene rings is 2. The summed E-state index contributed by atoms with van der Waals surface area (Å²) >= 11 is 0. The number of hydrogen-bond acceptors (Lipinski definition) is 5. The highest BCUT2D eigenvalue weighted by Crippen LogP contribution is 2.42. The van der Waals surface area contributed by atoms with E-state index in [9.17, 15) is 18.6 Å². The van der Waals surface area contributed by atoms with Gasteiger partial charge in [-0.2, -0.15) is 4.31 Å². The molecule has 1 fully saturated rings. The Labute approximate surface area is 160 Å². The minimum Gasteiger partial charge on any atom is -0.393 e. The second-order valence-electron chi connectivity index (χ2n) is 7.22. The SMILES string of the molecule is Cc1ccc(S(=O)(=O)N2[C@H]([C@@](C)(O)CO)O[C@H](c3ccccc3)[C@@H]2C)cc1. The Morgan fingerprint density at radius 2 is 1.70 bits per heavy atom. The molecule has 3 rings (SSSR count). The summed E-state index contributed by atoms with van der Waals surface area (Å²) in [4.78, 5) is 0.121. The lowest BCUT2D eigenvalue weighted by atomic mass is 10.0. The first kappa shape index (κ1) is 20.0. The van der Waals surface area contributed by atoms with Crippen molar-refractivity contribution >= 4 is 10.0 Å². The van der Waals surface area contributed by atoms with Crippen LogP contribution in [0.5, 0.6) is 0 Å². The van der Waals surface area contributed by atoms with E-state index >= 15 is 0 Å². The van der Waals surface area contributed by atoms with Crippen molar-refractivity contribution in [1.82, 2.24) is 4.31 Å². The first-order valence-corrected chi connectivity index (χ1v) is 10.3. The third-order valence-electron chi connectivity index (χ3n) is 4.92. The van der Waals surface area contributed by atoms with Gasteiger partial charge in [-0.05, 0) is 38.5 Å². The van der Waals surface area contributed by atoms with Crippen LogP contribution in [0.3, 0.4) is 0 Å². The molecule has 0 spiro atoms. The smallest absolute Gasteiger partial charge is 0.245 e. The number of ether oxygens (including phenoxy) is 1. The van der Waals surface area contributed by atoms with E-state index in [1.54, 1.807) is 19.1 Å². The van der Waals surface area contributed by atoms with Crippen LogP contribution < -0.4 is 0 Å². The zero-order valence-electron chi connectivity index (χ0n) is 15.6. The minimum atomic E-state index is -3.95. The molecule has 1 aliphatic rings. The fourth-order valence-electron chi connectivity index (χ4n) is 3.34. The Kier molecular flexibility index (Phi) is 5.42. The molecule has 146 valence electrons. The van der Waals surface area contributed by atoms with E-state index in [-0.39, 0.29) is 4.90 Å². The molecule has 0 unspecified atom stereocenters. The molecule has 2 N–H and O–H groups in total. The number of aliphatic hydroxyl groups excluding tert-OH is 1. The zero-order chi connectivity index (χ0) is 19.8. The molecule has 27 heavy (non-hydrogen) atoms. The van der Waals surface area contributed by atoms with Crippen molar-refractivity contribution in [3.8, 4) is 0 Å². The molecule has 0 radical (unpaired) electrons. The fourth-order valence-corrected chi connectivity index (χ4v) is 5.14. The zero-order valence-corrected chi connectivity index (χ0v) is 16.4. The average Bonchev–Trinajstić information content (AvgIpc) is 3.01. The van der Waals surface area contributed by atoms with Gasteiger partial charge in [-0.3, -0.25) is 0 Å². The minimum absolute atomic E-state index is 0.121. The van der Waals surface area contributed by atoms with E-state index in [1.165, 1.54) is 23.4 Å². The van der Waals surface area contributed by atoms with Gasteiger partial charge in [0.1, 0.15) is 11.7 Å². The molecule has 0 aliphatic carbocycles. The number of hydrogen-bond donors (Lipinski definition) is 2. The molecule has 0 bridgehead atoms. The molecule has 1 heterocycles. The molecular formula is C20H25NO5S. The molecule has 1 saturated heterocycles. The van der Waals surface area contributed by atoms with Gasteiger partial charge in [0.2, 0.25) is 10.0 Å². The predicted octanol–water partition coefficient (Wildman–Crippen LogP) is 2.22. The first-order chi connectivity index (χ1) is 12.7. The maximum atomic E-state index is 13.4. The van der Waals surface area contributed by atoms with Crippen molar-refractivity contribution in [2.24, 2.45) is 0 Å². The van der Waals surface area contributed by atoms with Crippen LogP contribution >= 0.6 is 0 Å². The third-order valence-corrected chi connectivity index (χ3v) is 6.87. The molecule has 0 amide bonds. The number of rotatable bonds is 5. The van der Waals surface area contributed by atoms with Gasteiger partial charge in [0.15, 0.2) is 6.23 Å². The number of aliphatic hydroxyl groups is 2. The summed E-state index contributed by atoms with van der Waals surface area (Å²) < 4.78 is 33.9. The van der Waals surface area contributed by atoms with Crippen molar-refractivity contribution < 1.29 is 23.4 Å². The maximum Gasteiger partial charge on any atom is 0.245 e. The summed E-state index contributed by atoms with van der Waals surface area (Å²) in [5, 5.41) is 20.3. The van der Waals surface area contributed by atoms with Crippen LogP contribution in [-0.2, 0) is 14.8 Å². The quantitative estimate of drug-likeness (QED) is 0.816. The van der Waals surface area contributed by atoms with Crippen LogP contribution in [0.2, 0.25) is 0 Å². The number of aryl methyl sites for hydroxylation is 1. The Hall–Kier alpha value is -1.77. The summed E-state index contributed by atoms with van der Waals surface area (Å²) in [5.41, 5.74) is 0.00123. The van der Waals surface area contributed by atoms with E-state index in [2.05, 4.69) is 0 Å². The van der Waals surface area contributed by atoms with Crippen LogP contribution in [0.25, 0.3) is 0 Å². The van der Waals surface area contributed by atoms with Crippen molar-refractivity contribution in [2.45, 2.75) is 49.6 Å². The van der Waals surface area contributed by atoms with Gasteiger partial charge in [0.05, 0.1) is 17.5 Å². The van der Waals surface area contributed by atoms with E-state index < -0.39 is 40.6 Å². The molecular weight excluding hydrogens is 366 g/mol. The maximum absolute atomic E-state index is 13.4. The summed E-state index contributed by atoms with van der Waals surface area (Å²) in [5.74, 6) is 0. The molecule has 2 aromatic carbocycles. The predicted molar refractivity (Wildman–Crippen MR) is 101 cm³/mol. The molecule has 0 saturated carbocycles. The Balaban J connectivity index is 2.07. The van der Waals surface area contributed by atoms with Crippen LogP contribution in [0.1, 0.15) is 31.1 Å². The highest BCUT2D eigenvalue weighted by atomic mass is 32.2. The molecule has 4 atom stereocenters. The number of nitrogens with zero attached hydrogens (tertiary/aromatic N) is 1. The summed E-state index contributed by atoms with van der Waals surface area (Å²) in [7, 11) is -3.95. The van der Waals surface area contributed by atoms with Crippen LogP contribution in [-0.4, -0.2) is 47.4 Å². The van der Waals surface area contributed by atoms with Crippen LogP contribution in [0.15, 0.2) is 59.5 Å². The van der Waals surface area contributed by atoms with Crippen LogP contribution in [0, 0.1) is 6.92 Å². The lowest BCUT2D eigenvalue weighted by molar-refractivity contribution is -0.140. The normalized spacial score (nSPS) is 26.0. The molecule has 6 nitrogen and oxygen atoms in total. The van der Waals surface area contributed by atoms with Crippen LogP contribution in [0.4, 0.5) is 0 Å². The van der Waals surface area contributed by atoms with Gasteiger partial charge in [0.25, 0.3) is 0 Å². The lowest BCUT2D eigenvalue weighted by Crippen LogP contribution is -2.54. The summed E-state index contributed by atoms with van der Waals surface area (Å²) in [6.07, 6.45) is -1.77.